The highest BCUT2D eigenvalue weighted by atomic mass is 31.2. The van der Waals surface area contributed by atoms with Crippen LogP contribution in [-0.4, -0.2) is 73.4 Å². The quantitative estimate of drug-likeness (QED) is 0.0243. The molecular weight excluding hydrogens is 972 g/mol. The highest BCUT2D eigenvalue weighted by Crippen LogP contribution is 2.43. The molecule has 0 aliphatic rings. The summed E-state index contributed by atoms with van der Waals surface area (Å²) in [6.45, 7) is 4.86. The van der Waals surface area contributed by atoms with E-state index in [0.717, 1.165) is 38.5 Å². The van der Waals surface area contributed by atoms with Crippen molar-refractivity contribution in [2.24, 2.45) is 0 Å². The van der Waals surface area contributed by atoms with Crippen LogP contribution in [0.2, 0.25) is 0 Å². The molecule has 0 aromatic carbocycles. The molecule has 0 rings (SSSR count). The Morgan fingerprint density at radius 3 is 1.04 bits per heavy atom. The number of phosphoric ester groups is 1. The number of aliphatic hydroxyl groups excluding tert-OH is 1. The van der Waals surface area contributed by atoms with E-state index in [1.165, 1.54) is 295 Å². The van der Waals surface area contributed by atoms with E-state index in [1.54, 1.807) is 6.08 Å². The third kappa shape index (κ3) is 62.4. The lowest BCUT2D eigenvalue weighted by Gasteiger charge is -2.25. The summed E-state index contributed by atoms with van der Waals surface area (Å²) < 4.78 is 23.8. The summed E-state index contributed by atoms with van der Waals surface area (Å²) >= 11 is 0. The molecule has 77 heavy (non-hydrogen) atoms. The molecule has 0 aliphatic heterocycles. The summed E-state index contributed by atoms with van der Waals surface area (Å²) in [7, 11) is 1.57. The number of allylic oxidation sites excluding steroid dienone is 3. The number of nitrogens with zero attached hydrogens (tertiary/aromatic N) is 1. The zero-order chi connectivity index (χ0) is 56.3. The maximum absolute atomic E-state index is 13.0. The number of hydrogen-bond acceptors (Lipinski definition) is 5. The minimum absolute atomic E-state index is 0.0590. The topological polar surface area (TPSA) is 105 Å². The van der Waals surface area contributed by atoms with Gasteiger partial charge < -0.3 is 19.8 Å². The first-order valence-electron chi connectivity index (χ1n) is 34.2. The number of quaternary nitrogens is 1. The van der Waals surface area contributed by atoms with Gasteiger partial charge in [0.15, 0.2) is 0 Å². The van der Waals surface area contributed by atoms with Gasteiger partial charge in [0.1, 0.15) is 13.2 Å². The van der Waals surface area contributed by atoms with Crippen LogP contribution >= 0.6 is 7.82 Å². The number of unbranched alkanes of at least 4 members (excludes halogenated alkanes) is 49. The van der Waals surface area contributed by atoms with E-state index in [-0.39, 0.29) is 19.1 Å². The first-order chi connectivity index (χ1) is 37.5. The number of carbonyl (C=O) groups excluding carboxylic acids is 1. The molecule has 0 heterocycles. The van der Waals surface area contributed by atoms with Crippen molar-refractivity contribution in [1.29, 1.82) is 0 Å². The van der Waals surface area contributed by atoms with Crippen molar-refractivity contribution in [2.75, 3.05) is 40.9 Å². The summed E-state index contributed by atoms with van der Waals surface area (Å²) in [4.78, 5) is 23.4. The van der Waals surface area contributed by atoms with E-state index in [4.69, 9.17) is 9.05 Å². The third-order valence-electron chi connectivity index (χ3n) is 15.9. The molecule has 0 fully saturated rings. The second kappa shape index (κ2) is 59.6. The Balaban J connectivity index is 4.08. The predicted octanol–water partition coefficient (Wildman–Crippen LogP) is 21.5. The number of rotatable bonds is 64. The minimum Gasteiger partial charge on any atom is -0.387 e. The molecule has 1 amide bonds. The summed E-state index contributed by atoms with van der Waals surface area (Å²) in [6, 6.07) is -0.861. The van der Waals surface area contributed by atoms with Gasteiger partial charge in [-0.25, -0.2) is 4.57 Å². The first kappa shape index (κ1) is 76.0. The second-order valence-electron chi connectivity index (χ2n) is 24.9. The highest BCUT2D eigenvalue weighted by molar-refractivity contribution is 7.47. The molecular formula is C68H136N2O6P+. The zero-order valence-corrected chi connectivity index (χ0v) is 53.4. The fourth-order valence-electron chi connectivity index (χ4n) is 10.6. The summed E-state index contributed by atoms with van der Waals surface area (Å²) in [5.74, 6) is -0.178. The van der Waals surface area contributed by atoms with Crippen LogP contribution in [0.1, 0.15) is 354 Å². The molecule has 0 saturated carbocycles. The van der Waals surface area contributed by atoms with Gasteiger partial charge in [0.05, 0.1) is 39.9 Å². The predicted molar refractivity (Wildman–Crippen MR) is 337 cm³/mol. The van der Waals surface area contributed by atoms with Crippen LogP contribution in [0.3, 0.4) is 0 Å². The average Bonchev–Trinajstić information content (AvgIpc) is 3.39. The van der Waals surface area contributed by atoms with Crippen molar-refractivity contribution >= 4 is 13.7 Å². The van der Waals surface area contributed by atoms with Crippen molar-refractivity contribution in [3.05, 3.63) is 24.3 Å². The van der Waals surface area contributed by atoms with Crippen LogP contribution in [0.25, 0.3) is 0 Å². The molecule has 9 heteroatoms. The molecule has 0 spiro atoms. The largest absolute Gasteiger partial charge is 0.472 e. The van der Waals surface area contributed by atoms with Gasteiger partial charge in [-0.1, -0.05) is 340 Å². The lowest BCUT2D eigenvalue weighted by molar-refractivity contribution is -0.870. The minimum atomic E-state index is -4.36. The summed E-state index contributed by atoms with van der Waals surface area (Å²) in [5, 5.41) is 14.0. The average molecular weight is 1110 g/mol. The fraction of sp³-hybridized carbons (Fsp3) is 0.926. The van der Waals surface area contributed by atoms with Gasteiger partial charge in [0.2, 0.25) is 5.91 Å². The van der Waals surface area contributed by atoms with Crippen LogP contribution in [0.5, 0.6) is 0 Å². The smallest absolute Gasteiger partial charge is 0.387 e. The highest BCUT2D eigenvalue weighted by Gasteiger charge is 2.28. The number of likely N-dealkylation sites (N-methyl/N-ethyl adjacent to an activating group) is 1. The van der Waals surface area contributed by atoms with Gasteiger partial charge in [-0.3, -0.25) is 13.8 Å². The molecule has 0 aliphatic carbocycles. The maximum atomic E-state index is 13.0. The molecule has 8 nitrogen and oxygen atoms in total. The van der Waals surface area contributed by atoms with Crippen LogP contribution in [0.15, 0.2) is 24.3 Å². The van der Waals surface area contributed by atoms with Crippen molar-refractivity contribution in [3.63, 3.8) is 0 Å². The van der Waals surface area contributed by atoms with E-state index in [9.17, 15) is 19.4 Å². The molecule has 0 bridgehead atoms. The number of amides is 1. The number of carbonyl (C=O) groups is 1. The van der Waals surface area contributed by atoms with E-state index in [2.05, 4.69) is 31.3 Å². The Labute approximate surface area is 481 Å². The Hall–Kier alpha value is -1.02. The van der Waals surface area contributed by atoms with Crippen LogP contribution in [0.4, 0.5) is 0 Å². The lowest BCUT2D eigenvalue weighted by atomic mass is 10.0. The molecule has 458 valence electrons. The third-order valence-corrected chi connectivity index (χ3v) is 16.9. The number of nitrogens with one attached hydrogen (secondary N) is 1. The maximum Gasteiger partial charge on any atom is 0.472 e. The van der Waals surface area contributed by atoms with Crippen LogP contribution in [-0.2, 0) is 18.4 Å². The van der Waals surface area contributed by atoms with Crippen molar-refractivity contribution in [2.45, 2.75) is 366 Å². The summed E-state index contributed by atoms with van der Waals surface area (Å²) in [6.07, 6.45) is 77.6. The lowest BCUT2D eigenvalue weighted by Crippen LogP contribution is -2.45. The van der Waals surface area contributed by atoms with Crippen LogP contribution < -0.4 is 5.32 Å². The van der Waals surface area contributed by atoms with E-state index >= 15 is 0 Å². The molecule has 0 aromatic rings. The van der Waals surface area contributed by atoms with E-state index in [1.807, 2.05) is 27.2 Å². The normalized spacial score (nSPS) is 13.8. The molecule has 0 aromatic heterocycles. The zero-order valence-electron chi connectivity index (χ0n) is 52.5. The molecule has 0 saturated heterocycles. The SMILES string of the molecule is CCCCCCCCCCCCCCCCCCCCCCCCCCCC/C=C/CC/C=C/C(O)C(COP(=O)(O)OCC[N+](C)(C)C)NC(=O)CCCCCCCCCCCCCCCCCCCCCCCCC. The Bertz CT molecular complexity index is 1300. The van der Waals surface area contributed by atoms with Crippen LogP contribution in [0, 0.1) is 0 Å². The van der Waals surface area contributed by atoms with E-state index in [0.29, 0.717) is 17.4 Å². The number of aliphatic hydroxyl groups is 1. The van der Waals surface area contributed by atoms with Gasteiger partial charge in [0.25, 0.3) is 0 Å². The van der Waals surface area contributed by atoms with Crippen molar-refractivity contribution in [3.8, 4) is 0 Å². The Morgan fingerprint density at radius 2 is 0.714 bits per heavy atom. The van der Waals surface area contributed by atoms with E-state index < -0.39 is 20.0 Å². The van der Waals surface area contributed by atoms with Crippen molar-refractivity contribution in [1.82, 2.24) is 5.32 Å². The van der Waals surface area contributed by atoms with Gasteiger partial charge in [-0.2, -0.15) is 0 Å². The van der Waals surface area contributed by atoms with Crippen molar-refractivity contribution < 1.29 is 32.9 Å². The monoisotopic (exact) mass is 1110 g/mol. The fourth-order valence-corrected chi connectivity index (χ4v) is 11.3. The van der Waals surface area contributed by atoms with Gasteiger partial charge in [0, 0.05) is 6.42 Å². The summed E-state index contributed by atoms with van der Waals surface area (Å²) in [5.41, 5.74) is 0. The Morgan fingerprint density at radius 1 is 0.429 bits per heavy atom. The molecule has 3 N–H and O–H groups in total. The van der Waals surface area contributed by atoms with Gasteiger partial charge in [-0.05, 0) is 32.1 Å². The Kier molecular flexibility index (Phi) is 58.8. The van der Waals surface area contributed by atoms with Gasteiger partial charge >= 0.3 is 7.82 Å². The second-order valence-corrected chi connectivity index (χ2v) is 26.4. The number of phosphoric acid groups is 1. The molecule has 0 radical (unpaired) electrons. The standard InChI is InChI=1S/C68H135N2O6P/c1-6-8-10-12-14-16-18-20-22-24-26-28-30-31-32-33-34-35-36-37-38-40-41-43-45-47-49-51-53-55-57-59-61-67(71)66(65-76-77(73,74)75-64-63-70(3,4)5)69-68(72)62-60-58-56-54-52-50-48-46-44-42-39-29-27-25-23-21-19-17-15-13-11-9-7-2/h51,53,59,61,66-67,71H,6-50,52,54-58,60,62-65H2,1-5H3,(H-,69,72,73,74)/p+1/b53-51+,61-59+. The van der Waals surface area contributed by atoms with Gasteiger partial charge in [-0.15, -0.1) is 0 Å². The molecule has 3 atom stereocenters. The number of hydrogen-bond donors (Lipinski definition) is 3. The molecule has 3 unspecified atom stereocenters. The first-order valence-corrected chi connectivity index (χ1v) is 35.7.